The Bertz CT molecular complexity index is 676. The van der Waals surface area contributed by atoms with Gasteiger partial charge >= 0.3 is 6.18 Å². The molecule has 1 saturated heterocycles. The molecule has 2 bridgehead atoms. The SMILES string of the molecule is N#Cc1c(N2CCN(C3CC4(C(F)(F)F)CC3C4)CC2)n[nH]c1N. The monoisotopic (exact) mass is 340 g/mol. The number of nitrogen functional groups attached to an aromatic ring is 1. The fraction of sp³-hybridized carbons (Fsp3) is 0.733. The second kappa shape index (κ2) is 5.02. The number of anilines is 2. The van der Waals surface area contributed by atoms with Crippen LogP contribution in [0, 0.1) is 22.7 Å². The summed E-state index contributed by atoms with van der Waals surface area (Å²) in [7, 11) is 0. The molecule has 5 rings (SSSR count). The summed E-state index contributed by atoms with van der Waals surface area (Å²) in [5.41, 5.74) is 4.59. The van der Waals surface area contributed by atoms with Crippen molar-refractivity contribution in [3.05, 3.63) is 5.56 Å². The molecule has 4 aliphatic rings. The molecule has 3 aliphatic carbocycles. The number of aromatic amines is 1. The zero-order chi connectivity index (χ0) is 17.1. The van der Waals surface area contributed by atoms with E-state index < -0.39 is 11.6 Å². The van der Waals surface area contributed by atoms with E-state index in [1.54, 1.807) is 0 Å². The lowest BCUT2D eigenvalue weighted by Gasteiger charge is -2.41. The summed E-state index contributed by atoms with van der Waals surface area (Å²) < 4.78 is 39.6. The minimum absolute atomic E-state index is 0.0356. The van der Waals surface area contributed by atoms with Crippen LogP contribution < -0.4 is 10.6 Å². The van der Waals surface area contributed by atoms with Gasteiger partial charge in [-0.1, -0.05) is 0 Å². The molecular weight excluding hydrogens is 321 g/mol. The van der Waals surface area contributed by atoms with Crippen molar-refractivity contribution in [2.45, 2.75) is 31.5 Å². The highest BCUT2D eigenvalue weighted by atomic mass is 19.4. The van der Waals surface area contributed by atoms with Gasteiger partial charge in [-0.15, -0.1) is 0 Å². The number of H-pyrrole nitrogens is 1. The van der Waals surface area contributed by atoms with E-state index in [-0.39, 0.29) is 37.0 Å². The molecule has 0 amide bonds. The van der Waals surface area contributed by atoms with Gasteiger partial charge in [-0.25, -0.2) is 0 Å². The summed E-state index contributed by atoms with van der Waals surface area (Å²) >= 11 is 0. The number of nitriles is 1. The molecule has 1 unspecified atom stereocenters. The highest BCUT2D eigenvalue weighted by molar-refractivity contribution is 5.64. The molecule has 2 heterocycles. The number of hydrogen-bond acceptors (Lipinski definition) is 5. The van der Waals surface area contributed by atoms with Gasteiger partial charge in [-0.05, 0) is 25.2 Å². The maximum absolute atomic E-state index is 13.2. The first-order chi connectivity index (χ1) is 11.3. The first kappa shape index (κ1) is 15.6. The molecule has 130 valence electrons. The number of alkyl halides is 3. The van der Waals surface area contributed by atoms with E-state index in [1.807, 2.05) is 11.0 Å². The molecular formula is C15H19F3N6. The number of fused-ring (bicyclic) bond motifs is 1. The number of rotatable bonds is 2. The van der Waals surface area contributed by atoms with Gasteiger partial charge in [0.1, 0.15) is 17.5 Å². The van der Waals surface area contributed by atoms with E-state index >= 15 is 0 Å². The highest BCUT2D eigenvalue weighted by Crippen LogP contribution is 2.66. The number of hydrogen-bond donors (Lipinski definition) is 2. The van der Waals surface area contributed by atoms with Gasteiger partial charge in [-0.3, -0.25) is 10.00 Å². The predicted molar refractivity (Wildman–Crippen MR) is 81.1 cm³/mol. The zero-order valence-electron chi connectivity index (χ0n) is 13.1. The third-order valence-electron chi connectivity index (χ3n) is 6.02. The zero-order valence-corrected chi connectivity index (χ0v) is 13.1. The Morgan fingerprint density at radius 1 is 1.21 bits per heavy atom. The number of halogens is 3. The molecule has 3 N–H and O–H groups in total. The summed E-state index contributed by atoms with van der Waals surface area (Å²) in [5.74, 6) is 0.963. The van der Waals surface area contributed by atoms with Crippen LogP contribution in [0.15, 0.2) is 0 Å². The van der Waals surface area contributed by atoms with E-state index in [0.29, 0.717) is 37.6 Å². The normalized spacial score (nSPS) is 33.3. The molecule has 0 radical (unpaired) electrons. The summed E-state index contributed by atoms with van der Waals surface area (Å²) in [5, 5.41) is 15.9. The smallest absolute Gasteiger partial charge is 0.383 e. The lowest BCUT2D eigenvalue weighted by atomic mass is 9.69. The van der Waals surface area contributed by atoms with Crippen molar-refractivity contribution in [2.24, 2.45) is 11.3 Å². The molecule has 1 atom stereocenters. The molecule has 0 aromatic carbocycles. The fourth-order valence-electron chi connectivity index (χ4n) is 4.67. The van der Waals surface area contributed by atoms with Crippen LogP contribution in [-0.4, -0.2) is 53.5 Å². The van der Waals surface area contributed by atoms with Crippen LogP contribution in [0.3, 0.4) is 0 Å². The van der Waals surface area contributed by atoms with Crippen molar-refractivity contribution < 1.29 is 13.2 Å². The fourth-order valence-corrected chi connectivity index (χ4v) is 4.67. The average molecular weight is 340 g/mol. The van der Waals surface area contributed by atoms with Gasteiger partial charge in [0.05, 0.1) is 5.41 Å². The van der Waals surface area contributed by atoms with Gasteiger partial charge in [0.25, 0.3) is 0 Å². The van der Waals surface area contributed by atoms with E-state index in [0.717, 1.165) is 0 Å². The number of aromatic nitrogens is 2. The third kappa shape index (κ3) is 2.09. The minimum Gasteiger partial charge on any atom is -0.383 e. The van der Waals surface area contributed by atoms with Crippen molar-refractivity contribution in [1.82, 2.24) is 15.1 Å². The molecule has 4 fully saturated rings. The van der Waals surface area contributed by atoms with Crippen molar-refractivity contribution in [3.8, 4) is 6.07 Å². The summed E-state index contributed by atoms with van der Waals surface area (Å²) in [6.45, 7) is 2.65. The standard InChI is InChI=1S/C15H19F3N6/c16-15(17,18)14-5-9(6-14)11(7-14)23-1-3-24(4-2-23)13-10(8-19)12(20)21-22-13/h9,11H,1-7H2,(H3,20,21,22). The Balaban J connectivity index is 1.40. The molecule has 1 aromatic rings. The second-order valence-corrected chi connectivity index (χ2v) is 7.19. The average Bonchev–Trinajstić information content (AvgIpc) is 3.17. The summed E-state index contributed by atoms with van der Waals surface area (Å²) in [6, 6.07) is 2.08. The van der Waals surface area contributed by atoms with Crippen LogP contribution in [0.25, 0.3) is 0 Å². The van der Waals surface area contributed by atoms with Crippen molar-refractivity contribution in [3.63, 3.8) is 0 Å². The molecule has 6 nitrogen and oxygen atoms in total. The van der Waals surface area contributed by atoms with Gasteiger partial charge < -0.3 is 10.6 Å². The Kier molecular flexibility index (Phi) is 3.26. The molecule has 0 spiro atoms. The van der Waals surface area contributed by atoms with E-state index in [1.165, 1.54) is 0 Å². The molecule has 1 aromatic heterocycles. The highest BCUT2D eigenvalue weighted by Gasteiger charge is 2.69. The quantitative estimate of drug-likeness (QED) is 0.856. The molecule has 9 heteroatoms. The van der Waals surface area contributed by atoms with Crippen LogP contribution >= 0.6 is 0 Å². The van der Waals surface area contributed by atoms with Crippen LogP contribution in [-0.2, 0) is 0 Å². The van der Waals surface area contributed by atoms with Crippen LogP contribution in [0.4, 0.5) is 24.8 Å². The first-order valence-corrected chi connectivity index (χ1v) is 8.14. The Hall–Kier alpha value is -1.95. The number of nitrogens with zero attached hydrogens (tertiary/aromatic N) is 4. The maximum atomic E-state index is 13.2. The molecule has 3 saturated carbocycles. The van der Waals surface area contributed by atoms with Gasteiger partial charge in [-0.2, -0.15) is 23.5 Å². The van der Waals surface area contributed by atoms with Crippen LogP contribution in [0.1, 0.15) is 24.8 Å². The van der Waals surface area contributed by atoms with E-state index in [9.17, 15) is 13.2 Å². The second-order valence-electron chi connectivity index (χ2n) is 7.19. The lowest BCUT2D eigenvalue weighted by molar-refractivity contribution is -0.244. The van der Waals surface area contributed by atoms with Gasteiger partial charge in [0, 0.05) is 32.2 Å². The van der Waals surface area contributed by atoms with Gasteiger partial charge in [0.15, 0.2) is 5.82 Å². The van der Waals surface area contributed by atoms with Crippen molar-refractivity contribution in [2.75, 3.05) is 36.8 Å². The van der Waals surface area contributed by atoms with E-state index in [2.05, 4.69) is 15.1 Å². The first-order valence-electron chi connectivity index (χ1n) is 8.14. The Morgan fingerprint density at radius 2 is 1.88 bits per heavy atom. The topological polar surface area (TPSA) is 85.0 Å². The molecule has 1 aliphatic heterocycles. The van der Waals surface area contributed by atoms with Crippen molar-refractivity contribution in [1.29, 1.82) is 5.26 Å². The summed E-state index contributed by atoms with van der Waals surface area (Å²) in [6.07, 6.45) is -3.26. The minimum atomic E-state index is -4.08. The number of piperazine rings is 1. The van der Waals surface area contributed by atoms with E-state index in [4.69, 9.17) is 11.0 Å². The Morgan fingerprint density at radius 3 is 2.42 bits per heavy atom. The van der Waals surface area contributed by atoms with Crippen molar-refractivity contribution >= 4 is 11.6 Å². The van der Waals surface area contributed by atoms with Crippen LogP contribution in [0.2, 0.25) is 0 Å². The van der Waals surface area contributed by atoms with Gasteiger partial charge in [0.2, 0.25) is 0 Å². The number of nitrogens with two attached hydrogens (primary N) is 1. The predicted octanol–water partition coefficient (Wildman–Crippen LogP) is 1.72. The molecule has 24 heavy (non-hydrogen) atoms. The number of nitrogens with one attached hydrogen (secondary N) is 1. The maximum Gasteiger partial charge on any atom is 0.394 e. The lowest BCUT2D eigenvalue weighted by Crippen LogP contribution is -2.51. The third-order valence-corrected chi connectivity index (χ3v) is 6.02. The largest absolute Gasteiger partial charge is 0.394 e. The Labute approximate surface area is 137 Å². The van der Waals surface area contributed by atoms with Crippen LogP contribution in [0.5, 0.6) is 0 Å². The summed E-state index contributed by atoms with van der Waals surface area (Å²) in [4.78, 5) is 4.16.